The van der Waals surface area contributed by atoms with Crippen LogP contribution in [0.5, 0.6) is 0 Å². The second-order valence-electron chi connectivity index (χ2n) is 4.80. The molecule has 0 radical (unpaired) electrons. The fraction of sp³-hybridized carbons (Fsp3) is 0.385. The molecule has 0 atom stereocenters. The lowest BCUT2D eigenvalue weighted by molar-refractivity contribution is -0.120. The quantitative estimate of drug-likeness (QED) is 0.671. The lowest BCUT2D eigenvalue weighted by Gasteiger charge is -2.10. The number of carbonyl (C=O) groups is 2. The number of carboxylic acids is 1. The van der Waals surface area contributed by atoms with Crippen molar-refractivity contribution in [1.82, 2.24) is 10.0 Å². The zero-order chi connectivity index (χ0) is 16.0. The summed E-state index contributed by atoms with van der Waals surface area (Å²) in [5, 5.41) is 11.3. The SMILES string of the molecule is CC(C)NC(=O)CNS(=O)(=O)Cc1ccc(C(=O)O)cc1. The number of nitrogens with one attached hydrogen (secondary N) is 2. The standard InChI is InChI=1S/C13H18N2O5S/c1-9(2)15-12(16)7-14-21(19,20)8-10-3-5-11(6-4-10)13(17)18/h3-6,9,14H,7-8H2,1-2H3,(H,15,16)(H,17,18). The summed E-state index contributed by atoms with van der Waals surface area (Å²) in [6.07, 6.45) is 0. The van der Waals surface area contributed by atoms with E-state index in [1.807, 2.05) is 0 Å². The summed E-state index contributed by atoms with van der Waals surface area (Å²) in [4.78, 5) is 22.1. The van der Waals surface area contributed by atoms with Crippen LogP contribution >= 0.6 is 0 Å². The van der Waals surface area contributed by atoms with E-state index in [-0.39, 0.29) is 23.9 Å². The number of carbonyl (C=O) groups excluding carboxylic acids is 1. The van der Waals surface area contributed by atoms with Crippen LogP contribution < -0.4 is 10.0 Å². The molecule has 0 aromatic heterocycles. The van der Waals surface area contributed by atoms with E-state index >= 15 is 0 Å². The molecule has 0 saturated carbocycles. The second-order valence-corrected chi connectivity index (χ2v) is 6.61. The van der Waals surface area contributed by atoms with E-state index < -0.39 is 21.9 Å². The number of carboxylic acid groups (broad SMARTS) is 1. The van der Waals surface area contributed by atoms with Crippen LogP contribution in [0, 0.1) is 0 Å². The Morgan fingerprint density at radius 1 is 1.19 bits per heavy atom. The molecule has 0 heterocycles. The van der Waals surface area contributed by atoms with Crippen LogP contribution in [0.3, 0.4) is 0 Å². The Morgan fingerprint density at radius 2 is 1.76 bits per heavy atom. The van der Waals surface area contributed by atoms with Crippen molar-refractivity contribution in [3.05, 3.63) is 35.4 Å². The Balaban J connectivity index is 2.60. The highest BCUT2D eigenvalue weighted by Crippen LogP contribution is 2.07. The van der Waals surface area contributed by atoms with Crippen molar-refractivity contribution in [2.24, 2.45) is 0 Å². The van der Waals surface area contributed by atoms with Gasteiger partial charge in [-0.05, 0) is 31.5 Å². The monoisotopic (exact) mass is 314 g/mol. The number of hydrogen-bond acceptors (Lipinski definition) is 4. The third-order valence-corrected chi connectivity index (χ3v) is 3.76. The molecule has 1 aromatic carbocycles. The third-order valence-electron chi connectivity index (χ3n) is 2.46. The van der Waals surface area contributed by atoms with Gasteiger partial charge in [0.1, 0.15) is 0 Å². The Morgan fingerprint density at radius 3 is 2.24 bits per heavy atom. The van der Waals surface area contributed by atoms with Gasteiger partial charge in [0, 0.05) is 6.04 Å². The van der Waals surface area contributed by atoms with Crippen molar-refractivity contribution in [2.45, 2.75) is 25.6 Å². The molecule has 0 saturated heterocycles. The first-order valence-electron chi connectivity index (χ1n) is 6.28. The Bertz CT molecular complexity index is 608. The van der Waals surface area contributed by atoms with Crippen molar-refractivity contribution in [1.29, 1.82) is 0 Å². The van der Waals surface area contributed by atoms with Gasteiger partial charge in [0.05, 0.1) is 17.9 Å². The van der Waals surface area contributed by atoms with Crippen LogP contribution in [0.25, 0.3) is 0 Å². The molecule has 21 heavy (non-hydrogen) atoms. The zero-order valence-corrected chi connectivity index (χ0v) is 12.6. The molecule has 0 aliphatic heterocycles. The van der Waals surface area contributed by atoms with E-state index in [2.05, 4.69) is 10.0 Å². The average molecular weight is 314 g/mol. The first-order valence-corrected chi connectivity index (χ1v) is 7.94. The van der Waals surface area contributed by atoms with Crippen molar-refractivity contribution < 1.29 is 23.1 Å². The van der Waals surface area contributed by atoms with Gasteiger partial charge in [-0.15, -0.1) is 0 Å². The highest BCUT2D eigenvalue weighted by Gasteiger charge is 2.14. The lowest BCUT2D eigenvalue weighted by atomic mass is 10.1. The summed E-state index contributed by atoms with van der Waals surface area (Å²) >= 11 is 0. The first kappa shape index (κ1) is 17.1. The summed E-state index contributed by atoms with van der Waals surface area (Å²) in [6, 6.07) is 5.45. The normalized spacial score (nSPS) is 11.4. The molecule has 1 aromatic rings. The molecule has 0 aliphatic rings. The van der Waals surface area contributed by atoms with Gasteiger partial charge in [0.25, 0.3) is 0 Å². The van der Waals surface area contributed by atoms with Crippen LogP contribution in [-0.2, 0) is 20.6 Å². The summed E-state index contributed by atoms with van der Waals surface area (Å²) in [5.74, 6) is -1.80. The average Bonchev–Trinajstić information content (AvgIpc) is 2.36. The smallest absolute Gasteiger partial charge is 0.335 e. The number of amides is 1. The summed E-state index contributed by atoms with van der Waals surface area (Å²) in [5.41, 5.74) is 0.525. The number of hydrogen-bond donors (Lipinski definition) is 3. The molecule has 1 amide bonds. The molecule has 0 aliphatic carbocycles. The van der Waals surface area contributed by atoms with E-state index in [9.17, 15) is 18.0 Å². The maximum atomic E-state index is 11.8. The molecule has 0 spiro atoms. The van der Waals surface area contributed by atoms with E-state index in [4.69, 9.17) is 5.11 Å². The maximum Gasteiger partial charge on any atom is 0.335 e. The van der Waals surface area contributed by atoms with Gasteiger partial charge >= 0.3 is 5.97 Å². The van der Waals surface area contributed by atoms with Gasteiger partial charge in [-0.1, -0.05) is 12.1 Å². The van der Waals surface area contributed by atoms with E-state index in [1.165, 1.54) is 24.3 Å². The summed E-state index contributed by atoms with van der Waals surface area (Å²) < 4.78 is 25.8. The van der Waals surface area contributed by atoms with Gasteiger partial charge in [-0.25, -0.2) is 17.9 Å². The van der Waals surface area contributed by atoms with Gasteiger partial charge in [0.15, 0.2) is 0 Å². The summed E-state index contributed by atoms with van der Waals surface area (Å²) in [6.45, 7) is 3.22. The Kier molecular flexibility index (Phi) is 5.86. The Labute approximate surface area is 123 Å². The largest absolute Gasteiger partial charge is 0.478 e. The van der Waals surface area contributed by atoms with Crippen LogP contribution in [0.4, 0.5) is 0 Å². The molecule has 116 valence electrons. The fourth-order valence-corrected chi connectivity index (χ4v) is 2.65. The van der Waals surface area contributed by atoms with Crippen molar-refractivity contribution in [3.63, 3.8) is 0 Å². The predicted octanol–water partition coefficient (Wildman–Crippen LogP) is 0.329. The van der Waals surface area contributed by atoms with E-state index in [1.54, 1.807) is 13.8 Å². The predicted molar refractivity (Wildman–Crippen MR) is 77.3 cm³/mol. The molecular weight excluding hydrogens is 296 g/mol. The minimum absolute atomic E-state index is 0.0643. The lowest BCUT2D eigenvalue weighted by Crippen LogP contribution is -2.40. The van der Waals surface area contributed by atoms with E-state index in [0.717, 1.165) is 0 Å². The van der Waals surface area contributed by atoms with Crippen molar-refractivity contribution in [3.8, 4) is 0 Å². The van der Waals surface area contributed by atoms with Crippen molar-refractivity contribution >= 4 is 21.9 Å². The third kappa shape index (κ3) is 6.37. The zero-order valence-electron chi connectivity index (χ0n) is 11.8. The maximum absolute atomic E-state index is 11.8. The number of sulfonamides is 1. The van der Waals surface area contributed by atoms with Gasteiger partial charge in [-0.3, -0.25) is 4.79 Å². The van der Waals surface area contributed by atoms with Gasteiger partial charge in [-0.2, -0.15) is 0 Å². The number of aromatic carboxylic acids is 1. The van der Waals surface area contributed by atoms with E-state index in [0.29, 0.717) is 5.56 Å². The number of benzene rings is 1. The minimum Gasteiger partial charge on any atom is -0.478 e. The molecule has 0 fully saturated rings. The molecule has 7 nitrogen and oxygen atoms in total. The highest BCUT2D eigenvalue weighted by atomic mass is 32.2. The van der Waals surface area contributed by atoms with Gasteiger partial charge in [0.2, 0.25) is 15.9 Å². The second kappa shape index (κ2) is 7.19. The molecule has 0 unspecified atom stereocenters. The fourth-order valence-electron chi connectivity index (χ4n) is 1.56. The van der Waals surface area contributed by atoms with Crippen molar-refractivity contribution in [2.75, 3.05) is 6.54 Å². The van der Waals surface area contributed by atoms with Crippen LogP contribution in [0.2, 0.25) is 0 Å². The minimum atomic E-state index is -3.66. The highest BCUT2D eigenvalue weighted by molar-refractivity contribution is 7.88. The summed E-state index contributed by atoms with van der Waals surface area (Å²) in [7, 11) is -3.66. The molecule has 1 rings (SSSR count). The molecule has 3 N–H and O–H groups in total. The molecule has 8 heteroatoms. The molecule has 0 bridgehead atoms. The number of rotatable bonds is 7. The molecular formula is C13H18N2O5S. The Hall–Kier alpha value is -1.93. The van der Waals surface area contributed by atoms with Crippen LogP contribution in [0.1, 0.15) is 29.8 Å². The van der Waals surface area contributed by atoms with Crippen LogP contribution in [0.15, 0.2) is 24.3 Å². The van der Waals surface area contributed by atoms with Gasteiger partial charge < -0.3 is 10.4 Å². The van der Waals surface area contributed by atoms with Crippen LogP contribution in [-0.4, -0.2) is 38.0 Å². The first-order chi connectivity index (χ1) is 9.69. The topological polar surface area (TPSA) is 113 Å².